The molecule has 0 saturated heterocycles. The molecule has 0 aliphatic rings. The van der Waals surface area contributed by atoms with Gasteiger partial charge in [-0.3, -0.25) is 9.36 Å². The molecule has 0 aliphatic carbocycles. The van der Waals surface area contributed by atoms with Crippen molar-refractivity contribution >= 4 is 11.6 Å². The van der Waals surface area contributed by atoms with Gasteiger partial charge in [0.2, 0.25) is 0 Å². The van der Waals surface area contributed by atoms with E-state index < -0.39 is 0 Å². The van der Waals surface area contributed by atoms with Crippen LogP contribution in [-0.2, 0) is 6.54 Å². The van der Waals surface area contributed by atoms with E-state index in [0.29, 0.717) is 12.6 Å². The molecule has 0 N–H and O–H groups in total. The van der Waals surface area contributed by atoms with Crippen LogP contribution in [0.5, 0.6) is 0 Å². The molecule has 19 heavy (non-hydrogen) atoms. The third-order valence-corrected chi connectivity index (χ3v) is 3.96. The molecule has 0 saturated carbocycles. The number of rotatable bonds is 6. The lowest BCUT2D eigenvalue weighted by atomic mass is 10.2. The minimum Gasteiger partial charge on any atom is -0.270 e. The Morgan fingerprint density at radius 1 is 1.32 bits per heavy atom. The van der Waals surface area contributed by atoms with Gasteiger partial charge in [-0.1, -0.05) is 13.8 Å². The van der Waals surface area contributed by atoms with Gasteiger partial charge in [0.1, 0.15) is 0 Å². The van der Waals surface area contributed by atoms with Crippen molar-refractivity contribution in [3.63, 3.8) is 0 Å². The molecule has 0 spiro atoms. The molecule has 2 aromatic rings. The van der Waals surface area contributed by atoms with Crippen molar-refractivity contribution in [2.45, 2.75) is 51.6 Å². The van der Waals surface area contributed by atoms with Gasteiger partial charge in [-0.05, 0) is 25.8 Å². The topological polar surface area (TPSA) is 35.6 Å². The van der Waals surface area contributed by atoms with Gasteiger partial charge in [0.15, 0.2) is 0 Å². The second-order valence-corrected chi connectivity index (χ2v) is 5.42. The number of hydrogen-bond donors (Lipinski definition) is 0. The first-order valence-corrected chi connectivity index (χ1v) is 7.28. The van der Waals surface area contributed by atoms with E-state index in [9.17, 15) is 0 Å². The Morgan fingerprint density at radius 3 is 2.79 bits per heavy atom. The van der Waals surface area contributed by atoms with E-state index in [2.05, 4.69) is 31.0 Å². The van der Waals surface area contributed by atoms with Crippen LogP contribution >= 0.6 is 11.6 Å². The first-order chi connectivity index (χ1) is 9.13. The summed E-state index contributed by atoms with van der Waals surface area (Å²) < 4.78 is 3.90. The van der Waals surface area contributed by atoms with Crippen molar-refractivity contribution in [3.8, 4) is 0 Å². The fraction of sp³-hybridized carbons (Fsp3) is 0.571. The molecular weight excluding hydrogens is 260 g/mol. The van der Waals surface area contributed by atoms with Crippen molar-refractivity contribution in [3.05, 3.63) is 35.9 Å². The van der Waals surface area contributed by atoms with Crippen LogP contribution < -0.4 is 0 Å². The van der Waals surface area contributed by atoms with Crippen molar-refractivity contribution < 1.29 is 0 Å². The summed E-state index contributed by atoms with van der Waals surface area (Å²) in [6.07, 6.45) is 7.87. The van der Waals surface area contributed by atoms with Crippen LogP contribution in [0.3, 0.4) is 0 Å². The maximum absolute atomic E-state index is 6.20. The van der Waals surface area contributed by atoms with Crippen LogP contribution in [0.15, 0.2) is 24.7 Å². The van der Waals surface area contributed by atoms with Crippen molar-refractivity contribution in [1.82, 2.24) is 19.6 Å². The summed E-state index contributed by atoms with van der Waals surface area (Å²) in [6, 6.07) is 2.49. The predicted octanol–water partition coefficient (Wildman–Crippen LogP) is 3.79. The molecule has 2 atom stereocenters. The average molecular weight is 281 g/mol. The highest BCUT2D eigenvalue weighted by atomic mass is 35.5. The zero-order valence-corrected chi connectivity index (χ0v) is 12.5. The van der Waals surface area contributed by atoms with Crippen LogP contribution in [0.25, 0.3) is 0 Å². The zero-order valence-electron chi connectivity index (χ0n) is 11.8. The van der Waals surface area contributed by atoms with Crippen LogP contribution in [-0.4, -0.2) is 19.6 Å². The van der Waals surface area contributed by atoms with E-state index in [1.807, 2.05) is 34.0 Å². The van der Waals surface area contributed by atoms with E-state index in [-0.39, 0.29) is 5.38 Å². The summed E-state index contributed by atoms with van der Waals surface area (Å²) in [7, 11) is 0. The quantitative estimate of drug-likeness (QED) is 0.755. The molecule has 0 radical (unpaired) electrons. The molecule has 2 aromatic heterocycles. The largest absolute Gasteiger partial charge is 0.270 e. The van der Waals surface area contributed by atoms with Gasteiger partial charge in [-0.15, -0.1) is 11.6 Å². The number of halogens is 1. The van der Waals surface area contributed by atoms with E-state index in [4.69, 9.17) is 11.6 Å². The molecule has 5 heteroatoms. The van der Waals surface area contributed by atoms with E-state index in [1.165, 1.54) is 0 Å². The second-order valence-electron chi connectivity index (χ2n) is 4.89. The van der Waals surface area contributed by atoms with Crippen LogP contribution in [0, 0.1) is 0 Å². The van der Waals surface area contributed by atoms with Crippen molar-refractivity contribution in [2.24, 2.45) is 0 Å². The van der Waals surface area contributed by atoms with Gasteiger partial charge < -0.3 is 0 Å². The summed E-state index contributed by atoms with van der Waals surface area (Å²) >= 11 is 6.20. The summed E-state index contributed by atoms with van der Waals surface area (Å²) in [4.78, 5) is 0. The van der Waals surface area contributed by atoms with E-state index >= 15 is 0 Å². The molecule has 0 amide bonds. The molecule has 2 heterocycles. The summed E-state index contributed by atoms with van der Waals surface area (Å²) in [5.41, 5.74) is 2.10. The fourth-order valence-electron chi connectivity index (χ4n) is 1.92. The Balaban J connectivity index is 2.04. The zero-order chi connectivity index (χ0) is 13.8. The van der Waals surface area contributed by atoms with E-state index in [1.54, 1.807) is 0 Å². The number of nitrogens with zero attached hydrogens (tertiary/aromatic N) is 4. The van der Waals surface area contributed by atoms with Crippen LogP contribution in [0.2, 0.25) is 0 Å². The summed E-state index contributed by atoms with van der Waals surface area (Å²) in [5, 5.41) is 8.96. The maximum Gasteiger partial charge on any atom is 0.0849 e. The monoisotopic (exact) mass is 280 g/mol. The van der Waals surface area contributed by atoms with Gasteiger partial charge in [-0.25, -0.2) is 0 Å². The number of alkyl halides is 1. The van der Waals surface area contributed by atoms with Gasteiger partial charge >= 0.3 is 0 Å². The van der Waals surface area contributed by atoms with Gasteiger partial charge in [0.25, 0.3) is 0 Å². The van der Waals surface area contributed by atoms with Crippen LogP contribution in [0.4, 0.5) is 0 Å². The lowest BCUT2D eigenvalue weighted by Crippen LogP contribution is -2.06. The molecule has 104 valence electrons. The molecular formula is C14H21ClN4. The SMILES string of the molecule is CCC(Cl)c1cnn(Cc2ccn(C(C)CC)n2)c1. The Morgan fingerprint density at radius 2 is 2.11 bits per heavy atom. The maximum atomic E-state index is 6.20. The van der Waals surface area contributed by atoms with Gasteiger partial charge in [-0.2, -0.15) is 10.2 Å². The minimum atomic E-state index is 0.0476. The fourth-order valence-corrected chi connectivity index (χ4v) is 2.04. The first-order valence-electron chi connectivity index (χ1n) is 6.84. The molecule has 2 rings (SSSR count). The molecule has 0 bridgehead atoms. The second kappa shape index (κ2) is 6.24. The normalized spacial score (nSPS) is 14.5. The third-order valence-electron chi connectivity index (χ3n) is 3.40. The highest BCUT2D eigenvalue weighted by molar-refractivity contribution is 6.20. The Kier molecular flexibility index (Phi) is 4.64. The standard InChI is InChI=1S/C14H21ClN4/c1-4-11(3)19-7-6-13(17-19)10-18-9-12(8-16-18)14(15)5-2/h6-9,11,14H,4-5,10H2,1-3H3. The molecule has 4 nitrogen and oxygen atoms in total. The van der Waals surface area contributed by atoms with Gasteiger partial charge in [0.05, 0.1) is 23.8 Å². The lowest BCUT2D eigenvalue weighted by Gasteiger charge is -2.08. The summed E-state index contributed by atoms with van der Waals surface area (Å²) in [5.74, 6) is 0. The smallest absolute Gasteiger partial charge is 0.0849 e. The number of hydrogen-bond acceptors (Lipinski definition) is 2. The minimum absolute atomic E-state index is 0.0476. The van der Waals surface area contributed by atoms with Gasteiger partial charge in [0, 0.05) is 24.0 Å². The average Bonchev–Trinajstić information content (AvgIpc) is 3.07. The first kappa shape index (κ1) is 14.1. The lowest BCUT2D eigenvalue weighted by molar-refractivity contribution is 0.471. The van der Waals surface area contributed by atoms with Crippen molar-refractivity contribution in [2.75, 3.05) is 0 Å². The highest BCUT2D eigenvalue weighted by Crippen LogP contribution is 2.22. The van der Waals surface area contributed by atoms with E-state index in [0.717, 1.165) is 24.1 Å². The van der Waals surface area contributed by atoms with Crippen LogP contribution in [0.1, 0.15) is 56.3 Å². The highest BCUT2D eigenvalue weighted by Gasteiger charge is 2.09. The Labute approximate surface area is 119 Å². The molecule has 0 aliphatic heterocycles. The van der Waals surface area contributed by atoms with Crippen molar-refractivity contribution in [1.29, 1.82) is 0 Å². The third kappa shape index (κ3) is 3.38. The molecule has 0 aromatic carbocycles. The Bertz CT molecular complexity index is 471. The number of aromatic nitrogens is 4. The molecule has 0 fully saturated rings. The predicted molar refractivity (Wildman–Crippen MR) is 77.4 cm³/mol. The molecule has 2 unspecified atom stereocenters. The summed E-state index contributed by atoms with van der Waals surface area (Å²) in [6.45, 7) is 7.10. The Hall–Kier alpha value is -1.29.